The Morgan fingerprint density at radius 1 is 1.50 bits per heavy atom. The summed E-state index contributed by atoms with van der Waals surface area (Å²) in [5.41, 5.74) is 0.444. The zero-order chi connectivity index (χ0) is 10.7. The number of halogens is 1. The quantitative estimate of drug-likeness (QED) is 0.675. The molecule has 76 valence electrons. The largest absolute Gasteiger partial charge is 0.493 e. The molecule has 5 heteroatoms. The standard InChI is InChI=1S/C9H13BFNO2/c1-6(2)3-7-4-9(11)8(5-12-7)10(13)14/h4-6,13-14H,3H2,1-2H3. The molecular formula is C9H13BFNO2. The van der Waals surface area contributed by atoms with Crippen LogP contribution in [0, 0.1) is 11.7 Å². The predicted octanol–water partition coefficient (Wildman–Crippen LogP) is 0.0990. The summed E-state index contributed by atoms with van der Waals surface area (Å²) < 4.78 is 13.2. The van der Waals surface area contributed by atoms with Gasteiger partial charge in [0.05, 0.1) is 0 Å². The van der Waals surface area contributed by atoms with Crippen molar-refractivity contribution in [3.05, 3.63) is 23.8 Å². The van der Waals surface area contributed by atoms with Gasteiger partial charge in [-0.3, -0.25) is 4.98 Å². The first-order chi connectivity index (χ1) is 6.50. The Hall–Kier alpha value is -0.935. The fraction of sp³-hybridized carbons (Fsp3) is 0.444. The molecule has 0 spiro atoms. The predicted molar refractivity (Wildman–Crippen MR) is 52.6 cm³/mol. The fourth-order valence-corrected chi connectivity index (χ4v) is 1.20. The van der Waals surface area contributed by atoms with E-state index in [0.29, 0.717) is 18.0 Å². The van der Waals surface area contributed by atoms with E-state index in [1.165, 1.54) is 6.07 Å². The molecule has 0 radical (unpaired) electrons. The van der Waals surface area contributed by atoms with Gasteiger partial charge in [0.2, 0.25) is 0 Å². The molecule has 1 aromatic rings. The average molecular weight is 197 g/mol. The fourth-order valence-electron chi connectivity index (χ4n) is 1.20. The van der Waals surface area contributed by atoms with Crippen molar-refractivity contribution in [1.29, 1.82) is 0 Å². The van der Waals surface area contributed by atoms with Crippen LogP contribution < -0.4 is 5.46 Å². The van der Waals surface area contributed by atoms with Gasteiger partial charge in [-0.2, -0.15) is 0 Å². The zero-order valence-corrected chi connectivity index (χ0v) is 8.24. The second-order valence-corrected chi connectivity index (χ2v) is 3.67. The van der Waals surface area contributed by atoms with Gasteiger partial charge in [-0.15, -0.1) is 0 Å². The van der Waals surface area contributed by atoms with Gasteiger partial charge < -0.3 is 10.0 Å². The number of nitrogens with zero attached hydrogens (tertiary/aromatic N) is 1. The number of rotatable bonds is 3. The van der Waals surface area contributed by atoms with Gasteiger partial charge in [-0.25, -0.2) is 4.39 Å². The van der Waals surface area contributed by atoms with E-state index in [2.05, 4.69) is 4.98 Å². The van der Waals surface area contributed by atoms with Crippen molar-refractivity contribution in [2.45, 2.75) is 20.3 Å². The lowest BCUT2D eigenvalue weighted by Gasteiger charge is -2.06. The van der Waals surface area contributed by atoms with E-state index in [9.17, 15) is 4.39 Å². The van der Waals surface area contributed by atoms with Gasteiger partial charge >= 0.3 is 7.12 Å². The molecular weight excluding hydrogens is 184 g/mol. The van der Waals surface area contributed by atoms with E-state index >= 15 is 0 Å². The maximum atomic E-state index is 13.2. The van der Waals surface area contributed by atoms with E-state index in [1.807, 2.05) is 13.8 Å². The van der Waals surface area contributed by atoms with Gasteiger partial charge in [0.25, 0.3) is 0 Å². The van der Waals surface area contributed by atoms with Crippen LogP contribution in [0.4, 0.5) is 4.39 Å². The molecule has 0 aliphatic carbocycles. The van der Waals surface area contributed by atoms with Crippen LogP contribution in [0.1, 0.15) is 19.5 Å². The third kappa shape index (κ3) is 2.78. The molecule has 0 atom stereocenters. The molecule has 14 heavy (non-hydrogen) atoms. The molecule has 1 rings (SSSR count). The first kappa shape index (κ1) is 11.1. The minimum atomic E-state index is -1.80. The highest BCUT2D eigenvalue weighted by Gasteiger charge is 2.17. The Kier molecular flexibility index (Phi) is 3.60. The van der Waals surface area contributed by atoms with Gasteiger partial charge in [0, 0.05) is 17.4 Å². The highest BCUT2D eigenvalue weighted by Crippen LogP contribution is 2.05. The Bertz CT molecular complexity index is 318. The van der Waals surface area contributed by atoms with Crippen molar-refractivity contribution in [3.63, 3.8) is 0 Å². The average Bonchev–Trinajstić information content (AvgIpc) is 2.01. The lowest BCUT2D eigenvalue weighted by molar-refractivity contribution is 0.422. The molecule has 1 aromatic heterocycles. The van der Waals surface area contributed by atoms with Crippen LogP contribution in [-0.4, -0.2) is 22.2 Å². The minimum Gasteiger partial charge on any atom is -0.423 e. The lowest BCUT2D eigenvalue weighted by Crippen LogP contribution is -2.33. The highest BCUT2D eigenvalue weighted by atomic mass is 19.1. The molecule has 0 aromatic carbocycles. The first-order valence-electron chi connectivity index (χ1n) is 4.51. The summed E-state index contributed by atoms with van der Waals surface area (Å²) in [6, 6.07) is 1.24. The lowest BCUT2D eigenvalue weighted by atomic mass is 9.81. The van der Waals surface area contributed by atoms with Crippen molar-refractivity contribution in [3.8, 4) is 0 Å². The molecule has 0 fully saturated rings. The highest BCUT2D eigenvalue weighted by molar-refractivity contribution is 6.58. The molecule has 0 unspecified atom stereocenters. The van der Waals surface area contributed by atoms with Crippen molar-refractivity contribution >= 4 is 12.6 Å². The van der Waals surface area contributed by atoms with E-state index in [1.54, 1.807) is 0 Å². The molecule has 2 N–H and O–H groups in total. The van der Waals surface area contributed by atoms with Crippen LogP contribution in [0.25, 0.3) is 0 Å². The minimum absolute atomic E-state index is 0.183. The molecule has 0 aliphatic heterocycles. The Morgan fingerprint density at radius 3 is 2.57 bits per heavy atom. The summed E-state index contributed by atoms with van der Waals surface area (Å²) in [7, 11) is -1.80. The Balaban J connectivity index is 2.89. The summed E-state index contributed by atoms with van der Waals surface area (Å²) in [5.74, 6) is -0.225. The summed E-state index contributed by atoms with van der Waals surface area (Å²) in [5, 5.41) is 17.5. The third-order valence-electron chi connectivity index (χ3n) is 1.83. The monoisotopic (exact) mass is 197 g/mol. The second-order valence-electron chi connectivity index (χ2n) is 3.67. The van der Waals surface area contributed by atoms with Gasteiger partial charge in [0.1, 0.15) is 5.82 Å². The maximum Gasteiger partial charge on any atom is 0.493 e. The van der Waals surface area contributed by atoms with Gasteiger partial charge in [-0.1, -0.05) is 13.8 Å². The van der Waals surface area contributed by atoms with Crippen LogP contribution in [0.3, 0.4) is 0 Å². The first-order valence-corrected chi connectivity index (χ1v) is 4.51. The summed E-state index contributed by atoms with van der Waals surface area (Å²) in [6.07, 6.45) is 1.84. The van der Waals surface area contributed by atoms with Gasteiger partial charge in [-0.05, 0) is 18.4 Å². The Labute approximate surface area is 82.8 Å². The Morgan fingerprint density at radius 2 is 2.14 bits per heavy atom. The SMILES string of the molecule is CC(C)Cc1cc(F)c(B(O)O)cn1. The zero-order valence-electron chi connectivity index (χ0n) is 8.24. The molecule has 0 bridgehead atoms. The van der Waals surface area contributed by atoms with E-state index < -0.39 is 12.9 Å². The van der Waals surface area contributed by atoms with E-state index in [4.69, 9.17) is 10.0 Å². The van der Waals surface area contributed by atoms with Crippen LogP contribution >= 0.6 is 0 Å². The summed E-state index contributed by atoms with van der Waals surface area (Å²) in [6.45, 7) is 4.02. The van der Waals surface area contributed by atoms with Crippen LogP contribution in [-0.2, 0) is 6.42 Å². The van der Waals surface area contributed by atoms with E-state index in [0.717, 1.165) is 6.20 Å². The number of pyridine rings is 1. The van der Waals surface area contributed by atoms with Gasteiger partial charge in [0.15, 0.2) is 0 Å². The van der Waals surface area contributed by atoms with E-state index in [-0.39, 0.29) is 5.46 Å². The van der Waals surface area contributed by atoms with Crippen LogP contribution in [0.15, 0.2) is 12.3 Å². The third-order valence-corrected chi connectivity index (χ3v) is 1.83. The summed E-state index contributed by atoms with van der Waals surface area (Å²) >= 11 is 0. The molecule has 0 saturated heterocycles. The molecule has 1 heterocycles. The van der Waals surface area contributed by atoms with Crippen molar-refractivity contribution in [2.24, 2.45) is 5.92 Å². The number of hydrogen-bond acceptors (Lipinski definition) is 3. The molecule has 0 aliphatic rings. The smallest absolute Gasteiger partial charge is 0.423 e. The van der Waals surface area contributed by atoms with Crippen LogP contribution in [0.5, 0.6) is 0 Å². The molecule has 0 saturated carbocycles. The number of hydrogen-bond donors (Lipinski definition) is 2. The van der Waals surface area contributed by atoms with Crippen LogP contribution in [0.2, 0.25) is 0 Å². The summed E-state index contributed by atoms with van der Waals surface area (Å²) in [4.78, 5) is 3.94. The molecule has 0 amide bonds. The number of aromatic nitrogens is 1. The van der Waals surface area contributed by atoms with Crippen molar-refractivity contribution < 1.29 is 14.4 Å². The van der Waals surface area contributed by atoms with Crippen molar-refractivity contribution in [1.82, 2.24) is 4.98 Å². The molecule has 3 nitrogen and oxygen atoms in total. The van der Waals surface area contributed by atoms with Crippen molar-refractivity contribution in [2.75, 3.05) is 0 Å². The maximum absolute atomic E-state index is 13.2. The normalized spacial score (nSPS) is 10.7. The topological polar surface area (TPSA) is 53.4 Å². The second kappa shape index (κ2) is 4.53.